The molecule has 1 unspecified atom stereocenters. The zero-order chi connectivity index (χ0) is 19.6. The summed E-state index contributed by atoms with van der Waals surface area (Å²) in [5.41, 5.74) is 0.972. The molecule has 1 amide bonds. The van der Waals surface area contributed by atoms with Crippen molar-refractivity contribution in [3.63, 3.8) is 0 Å². The van der Waals surface area contributed by atoms with Crippen LogP contribution in [0.15, 0.2) is 54.1 Å². The Bertz CT molecular complexity index is 890. The minimum Gasteiger partial charge on any atom is -0.507 e. The van der Waals surface area contributed by atoms with Gasteiger partial charge in [0, 0.05) is 17.1 Å². The van der Waals surface area contributed by atoms with Gasteiger partial charge in [-0.15, -0.1) is 0 Å². The average Bonchev–Trinajstić information content (AvgIpc) is 2.93. The highest BCUT2D eigenvalue weighted by atomic mass is 35.5. The summed E-state index contributed by atoms with van der Waals surface area (Å²) in [4.78, 5) is 26.4. The Kier molecular flexibility index (Phi) is 5.48. The number of aliphatic hydroxyl groups excluding tert-OH is 2. The Morgan fingerprint density at radius 2 is 1.74 bits per heavy atom. The molecule has 1 fully saturated rings. The highest BCUT2D eigenvalue weighted by Gasteiger charge is 2.45. The summed E-state index contributed by atoms with van der Waals surface area (Å²) in [7, 11) is 1.52. The minimum atomic E-state index is -0.809. The van der Waals surface area contributed by atoms with Crippen LogP contribution in [0.1, 0.15) is 17.2 Å². The lowest BCUT2D eigenvalue weighted by atomic mass is 9.95. The molecule has 140 valence electrons. The number of hydrogen-bond acceptors (Lipinski definition) is 5. The van der Waals surface area contributed by atoms with E-state index in [4.69, 9.17) is 16.3 Å². The Morgan fingerprint density at radius 1 is 1.11 bits per heavy atom. The molecule has 0 radical (unpaired) electrons. The third-order valence-electron chi connectivity index (χ3n) is 4.43. The average molecular weight is 388 g/mol. The van der Waals surface area contributed by atoms with Gasteiger partial charge >= 0.3 is 0 Å². The molecular weight excluding hydrogens is 370 g/mol. The highest BCUT2D eigenvalue weighted by molar-refractivity contribution is 6.46. The van der Waals surface area contributed by atoms with E-state index in [1.54, 1.807) is 48.5 Å². The van der Waals surface area contributed by atoms with Gasteiger partial charge < -0.3 is 19.8 Å². The maximum Gasteiger partial charge on any atom is 0.295 e. The van der Waals surface area contributed by atoms with E-state index in [1.165, 1.54) is 12.0 Å². The summed E-state index contributed by atoms with van der Waals surface area (Å²) in [5, 5.41) is 20.6. The van der Waals surface area contributed by atoms with E-state index in [9.17, 15) is 19.8 Å². The molecule has 0 aliphatic carbocycles. The number of aliphatic hydroxyl groups is 2. The van der Waals surface area contributed by atoms with Gasteiger partial charge in [0.2, 0.25) is 0 Å². The Morgan fingerprint density at radius 3 is 2.30 bits per heavy atom. The second-order valence-electron chi connectivity index (χ2n) is 6.00. The number of ketones is 1. The van der Waals surface area contributed by atoms with Crippen molar-refractivity contribution in [2.45, 2.75) is 6.04 Å². The Hall–Kier alpha value is -2.83. The SMILES string of the molecule is COc1ccc(/C(O)=C2/C(=O)C(=O)N(CCO)C2c2ccc(Cl)cc2)cc1. The van der Waals surface area contributed by atoms with E-state index in [1.807, 2.05) is 0 Å². The van der Waals surface area contributed by atoms with Crippen LogP contribution in [0.25, 0.3) is 5.76 Å². The van der Waals surface area contributed by atoms with E-state index in [0.717, 1.165) is 0 Å². The number of halogens is 1. The summed E-state index contributed by atoms with van der Waals surface area (Å²) >= 11 is 5.94. The maximum absolute atomic E-state index is 12.6. The number of Topliss-reactive ketones (excluding diaryl/α,β-unsaturated/α-hetero) is 1. The molecule has 1 heterocycles. The summed E-state index contributed by atoms with van der Waals surface area (Å²) < 4.78 is 5.10. The number of β-amino-alcohol motifs (C(OH)–C–C–N with tert-alkyl or cyclic N) is 1. The number of amides is 1. The van der Waals surface area contributed by atoms with Crippen LogP contribution >= 0.6 is 11.6 Å². The largest absolute Gasteiger partial charge is 0.507 e. The van der Waals surface area contributed by atoms with E-state index < -0.39 is 17.7 Å². The van der Waals surface area contributed by atoms with Gasteiger partial charge in [0.05, 0.1) is 25.3 Å². The lowest BCUT2D eigenvalue weighted by Gasteiger charge is -2.24. The smallest absolute Gasteiger partial charge is 0.295 e. The lowest BCUT2D eigenvalue weighted by Crippen LogP contribution is -2.32. The Balaban J connectivity index is 2.14. The van der Waals surface area contributed by atoms with Crippen LogP contribution in [0.2, 0.25) is 5.02 Å². The van der Waals surface area contributed by atoms with Gasteiger partial charge in [0.15, 0.2) is 0 Å². The van der Waals surface area contributed by atoms with Crippen LogP contribution in [0.3, 0.4) is 0 Å². The van der Waals surface area contributed by atoms with E-state index >= 15 is 0 Å². The van der Waals surface area contributed by atoms with Crippen LogP contribution in [0.4, 0.5) is 0 Å². The predicted octanol–water partition coefficient (Wildman–Crippen LogP) is 2.76. The van der Waals surface area contributed by atoms with Gasteiger partial charge in [-0.25, -0.2) is 0 Å². The first-order valence-electron chi connectivity index (χ1n) is 8.27. The lowest BCUT2D eigenvalue weighted by molar-refractivity contribution is -0.140. The molecule has 1 aliphatic heterocycles. The number of ether oxygens (including phenoxy) is 1. The van der Waals surface area contributed by atoms with Crippen molar-refractivity contribution in [2.75, 3.05) is 20.3 Å². The van der Waals surface area contributed by atoms with E-state index in [2.05, 4.69) is 0 Å². The van der Waals surface area contributed by atoms with Gasteiger partial charge in [-0.2, -0.15) is 0 Å². The van der Waals surface area contributed by atoms with Gasteiger partial charge in [0.25, 0.3) is 11.7 Å². The second kappa shape index (κ2) is 7.82. The fourth-order valence-corrected chi connectivity index (χ4v) is 3.24. The predicted molar refractivity (Wildman–Crippen MR) is 101 cm³/mol. The van der Waals surface area contributed by atoms with Gasteiger partial charge in [-0.05, 0) is 42.0 Å². The highest BCUT2D eigenvalue weighted by Crippen LogP contribution is 2.39. The first kappa shape index (κ1) is 18.9. The first-order valence-corrected chi connectivity index (χ1v) is 8.65. The van der Waals surface area contributed by atoms with Crippen LogP contribution in [0, 0.1) is 0 Å². The maximum atomic E-state index is 12.6. The quantitative estimate of drug-likeness (QED) is 0.468. The molecule has 0 bridgehead atoms. The number of likely N-dealkylation sites (tertiary alicyclic amines) is 1. The number of carbonyl (C=O) groups is 2. The monoisotopic (exact) mass is 387 g/mol. The molecule has 1 aliphatic rings. The molecule has 7 heteroatoms. The number of methoxy groups -OCH3 is 1. The molecule has 3 rings (SSSR count). The second-order valence-corrected chi connectivity index (χ2v) is 6.43. The van der Waals surface area contributed by atoms with Gasteiger partial charge in [-0.3, -0.25) is 9.59 Å². The Labute approximate surface area is 161 Å². The van der Waals surface area contributed by atoms with Crippen molar-refractivity contribution < 1.29 is 24.5 Å². The zero-order valence-corrected chi connectivity index (χ0v) is 15.3. The third kappa shape index (κ3) is 3.54. The van der Waals surface area contributed by atoms with Crippen molar-refractivity contribution in [3.05, 3.63) is 70.3 Å². The van der Waals surface area contributed by atoms with Crippen molar-refractivity contribution in [2.24, 2.45) is 0 Å². The van der Waals surface area contributed by atoms with Crippen LogP contribution < -0.4 is 4.74 Å². The molecule has 2 aromatic carbocycles. The normalized spacial score (nSPS) is 18.8. The fourth-order valence-electron chi connectivity index (χ4n) is 3.11. The third-order valence-corrected chi connectivity index (χ3v) is 4.68. The van der Waals surface area contributed by atoms with Crippen LogP contribution in [0.5, 0.6) is 5.75 Å². The number of benzene rings is 2. The molecule has 2 aromatic rings. The summed E-state index contributed by atoms with van der Waals surface area (Å²) in [5.74, 6) is -1.24. The van der Waals surface area contributed by atoms with E-state index in [0.29, 0.717) is 21.9 Å². The molecule has 27 heavy (non-hydrogen) atoms. The molecule has 1 saturated heterocycles. The minimum absolute atomic E-state index is 0.0269. The fraction of sp³-hybridized carbons (Fsp3) is 0.200. The van der Waals surface area contributed by atoms with Crippen LogP contribution in [-0.2, 0) is 9.59 Å². The van der Waals surface area contributed by atoms with Crippen molar-refractivity contribution >= 4 is 29.1 Å². The molecule has 0 aromatic heterocycles. The number of hydrogen-bond donors (Lipinski definition) is 2. The van der Waals surface area contributed by atoms with E-state index in [-0.39, 0.29) is 24.5 Å². The van der Waals surface area contributed by atoms with Crippen molar-refractivity contribution in [3.8, 4) is 5.75 Å². The van der Waals surface area contributed by atoms with Crippen molar-refractivity contribution in [1.82, 2.24) is 4.90 Å². The standard InChI is InChI=1S/C20H18ClNO5/c1-27-15-8-4-13(5-9-15)18(24)16-17(12-2-6-14(21)7-3-12)22(10-11-23)20(26)19(16)25/h2-9,17,23-24H,10-11H2,1H3/b18-16-. The molecule has 6 nitrogen and oxygen atoms in total. The molecule has 0 saturated carbocycles. The van der Waals surface area contributed by atoms with Gasteiger partial charge in [0.1, 0.15) is 11.5 Å². The molecule has 2 N–H and O–H groups in total. The van der Waals surface area contributed by atoms with Gasteiger partial charge in [-0.1, -0.05) is 23.7 Å². The summed E-state index contributed by atoms with van der Waals surface area (Å²) in [6.45, 7) is -0.336. The number of carbonyl (C=O) groups excluding carboxylic acids is 2. The topological polar surface area (TPSA) is 87.1 Å². The molecule has 1 atom stereocenters. The molecular formula is C20H18ClNO5. The van der Waals surface area contributed by atoms with Crippen LogP contribution in [-0.4, -0.2) is 47.1 Å². The number of nitrogens with zero attached hydrogens (tertiary/aromatic N) is 1. The summed E-state index contributed by atoms with van der Waals surface area (Å²) in [6.07, 6.45) is 0. The molecule has 0 spiro atoms. The number of rotatable bonds is 5. The summed E-state index contributed by atoms with van der Waals surface area (Å²) in [6, 6.07) is 12.4. The zero-order valence-electron chi connectivity index (χ0n) is 14.6. The van der Waals surface area contributed by atoms with Crippen molar-refractivity contribution in [1.29, 1.82) is 0 Å². The first-order chi connectivity index (χ1) is 13.0.